The Balaban J connectivity index is 1.61. The summed E-state index contributed by atoms with van der Waals surface area (Å²) in [5, 5.41) is 20.4. The molecular formula is C24H30F2N8O3S. The highest BCUT2D eigenvalue weighted by Crippen LogP contribution is 2.33. The molecule has 1 aromatic carbocycles. The van der Waals surface area contributed by atoms with E-state index < -0.39 is 11.6 Å². The fourth-order valence-corrected chi connectivity index (χ4v) is 4.53. The first-order valence-corrected chi connectivity index (χ1v) is 12.9. The van der Waals surface area contributed by atoms with E-state index in [1.54, 1.807) is 28.4 Å². The number of aliphatic hydroxyl groups excluding tert-OH is 1. The van der Waals surface area contributed by atoms with E-state index in [9.17, 15) is 8.78 Å². The summed E-state index contributed by atoms with van der Waals surface area (Å²) in [5.74, 6) is -0.841. The lowest BCUT2D eigenvalue weighted by atomic mass is 10.2. The van der Waals surface area contributed by atoms with Crippen LogP contribution >= 0.6 is 11.9 Å². The zero-order chi connectivity index (χ0) is 27.2. The minimum Gasteiger partial charge on any atom is -0.488 e. The van der Waals surface area contributed by atoms with Crippen molar-refractivity contribution in [1.29, 1.82) is 0 Å². The van der Waals surface area contributed by atoms with Crippen LogP contribution in [0.1, 0.15) is 33.4 Å². The van der Waals surface area contributed by atoms with Gasteiger partial charge in [-0.15, -0.1) is 5.10 Å². The van der Waals surface area contributed by atoms with Gasteiger partial charge >= 0.3 is 0 Å². The van der Waals surface area contributed by atoms with Crippen LogP contribution < -0.4 is 10.1 Å². The van der Waals surface area contributed by atoms with Crippen molar-refractivity contribution >= 4 is 29.2 Å². The van der Waals surface area contributed by atoms with E-state index in [1.165, 1.54) is 10.8 Å². The zero-order valence-corrected chi connectivity index (χ0v) is 22.4. The Morgan fingerprint density at radius 3 is 2.76 bits per heavy atom. The molecule has 38 heavy (non-hydrogen) atoms. The molecule has 3 heterocycles. The van der Waals surface area contributed by atoms with Crippen molar-refractivity contribution in [2.45, 2.75) is 38.3 Å². The smallest absolute Gasteiger partial charge is 0.247 e. The lowest BCUT2D eigenvalue weighted by molar-refractivity contribution is 0.0160. The van der Waals surface area contributed by atoms with Gasteiger partial charge in [-0.3, -0.25) is 0 Å². The second-order valence-electron chi connectivity index (χ2n) is 8.23. The Bertz CT molecular complexity index is 1380. The normalized spacial score (nSPS) is 12.4. The van der Waals surface area contributed by atoms with Gasteiger partial charge in [-0.1, -0.05) is 0 Å². The number of aliphatic hydroxyl groups is 1. The maximum atomic E-state index is 14.9. The van der Waals surface area contributed by atoms with Crippen molar-refractivity contribution in [3.8, 4) is 17.0 Å². The van der Waals surface area contributed by atoms with Crippen LogP contribution in [0.25, 0.3) is 16.9 Å². The zero-order valence-electron chi connectivity index (χ0n) is 21.6. The fraction of sp³-hybridized carbons (Fsp3) is 0.417. The second kappa shape index (κ2) is 12.5. The molecule has 4 rings (SSSR count). The summed E-state index contributed by atoms with van der Waals surface area (Å²) in [6, 6.07) is 2.17. The Hall–Kier alpha value is -3.33. The molecule has 0 radical (unpaired) electrons. The molecule has 3 aromatic heterocycles. The summed E-state index contributed by atoms with van der Waals surface area (Å²) in [7, 11) is 1.74. The highest BCUT2D eigenvalue weighted by Gasteiger charge is 2.20. The number of rotatable bonds is 13. The maximum Gasteiger partial charge on any atom is 0.247 e. The summed E-state index contributed by atoms with van der Waals surface area (Å²) in [6.07, 6.45) is 5.20. The first kappa shape index (κ1) is 27.7. The molecule has 0 fully saturated rings. The molecule has 1 atom stereocenters. The number of nitrogens with one attached hydrogen (secondary N) is 1. The average molecular weight is 549 g/mol. The van der Waals surface area contributed by atoms with Crippen LogP contribution in [0.15, 0.2) is 35.7 Å². The highest BCUT2D eigenvalue weighted by molar-refractivity contribution is 7.97. The van der Waals surface area contributed by atoms with Crippen molar-refractivity contribution in [2.24, 2.45) is 0 Å². The molecule has 0 amide bonds. The first-order valence-electron chi connectivity index (χ1n) is 12.1. The molecule has 4 aromatic rings. The predicted octanol–water partition coefficient (Wildman–Crippen LogP) is 4.28. The monoisotopic (exact) mass is 548 g/mol. The Labute approximate surface area is 222 Å². The molecule has 2 N–H and O–H groups in total. The van der Waals surface area contributed by atoms with Gasteiger partial charge in [0.05, 0.1) is 23.4 Å². The van der Waals surface area contributed by atoms with Gasteiger partial charge < -0.3 is 19.9 Å². The van der Waals surface area contributed by atoms with E-state index >= 15 is 0 Å². The van der Waals surface area contributed by atoms with Gasteiger partial charge in [0.15, 0.2) is 5.75 Å². The van der Waals surface area contributed by atoms with Crippen LogP contribution in [-0.4, -0.2) is 72.2 Å². The molecule has 0 saturated carbocycles. The van der Waals surface area contributed by atoms with Crippen molar-refractivity contribution < 1.29 is 23.4 Å². The molecule has 0 saturated heterocycles. The van der Waals surface area contributed by atoms with Gasteiger partial charge in [0.2, 0.25) is 11.6 Å². The Kier molecular flexibility index (Phi) is 9.09. The molecule has 0 bridgehead atoms. The number of hydrogen-bond acceptors (Lipinski definition) is 10. The van der Waals surface area contributed by atoms with E-state index in [0.29, 0.717) is 48.8 Å². The van der Waals surface area contributed by atoms with E-state index in [4.69, 9.17) is 14.6 Å². The largest absolute Gasteiger partial charge is 0.488 e. The number of halogens is 2. The quantitative estimate of drug-likeness (QED) is 0.235. The van der Waals surface area contributed by atoms with E-state index in [2.05, 4.69) is 25.5 Å². The molecule has 14 heteroatoms. The number of ether oxygens (including phenoxy) is 2. The number of hydrogen-bond donors (Lipinski definition) is 2. The predicted molar refractivity (Wildman–Crippen MR) is 139 cm³/mol. The van der Waals surface area contributed by atoms with Gasteiger partial charge in [-0.05, 0) is 52.3 Å². The van der Waals surface area contributed by atoms with Crippen LogP contribution in [0.5, 0.6) is 5.75 Å². The lowest BCUT2D eigenvalue weighted by Gasteiger charge is -2.15. The summed E-state index contributed by atoms with van der Waals surface area (Å²) in [4.78, 5) is 9.07. The first-order chi connectivity index (χ1) is 18.3. The van der Waals surface area contributed by atoms with Crippen LogP contribution in [0, 0.1) is 11.6 Å². The third-order valence-corrected chi connectivity index (χ3v) is 6.45. The third kappa shape index (κ3) is 6.20. The third-order valence-electron chi connectivity index (χ3n) is 5.44. The van der Waals surface area contributed by atoms with Crippen LogP contribution in [-0.2, 0) is 4.74 Å². The molecular weight excluding hydrogens is 518 g/mol. The van der Waals surface area contributed by atoms with Crippen LogP contribution in [0.4, 0.5) is 20.4 Å². The summed E-state index contributed by atoms with van der Waals surface area (Å²) >= 11 is 1.06. The van der Waals surface area contributed by atoms with Crippen molar-refractivity contribution in [3.05, 3.63) is 42.5 Å². The topological polar surface area (TPSA) is 115 Å². The Morgan fingerprint density at radius 1 is 1.21 bits per heavy atom. The number of nitrogens with zero attached hydrogens (tertiary/aromatic N) is 7. The highest BCUT2D eigenvalue weighted by atomic mass is 32.2. The number of aromatic nitrogens is 6. The van der Waals surface area contributed by atoms with Gasteiger partial charge in [-0.25, -0.2) is 22.8 Å². The van der Waals surface area contributed by atoms with Crippen LogP contribution in [0.3, 0.4) is 0 Å². The molecule has 11 nitrogen and oxygen atoms in total. The number of benzene rings is 1. The number of fused-ring (bicyclic) bond motifs is 1. The maximum absolute atomic E-state index is 14.9. The molecule has 0 aliphatic rings. The average Bonchev–Trinajstić information content (AvgIpc) is 3.54. The molecule has 1 unspecified atom stereocenters. The summed E-state index contributed by atoms with van der Waals surface area (Å²) < 4.78 is 45.9. The second-order valence-corrected chi connectivity index (χ2v) is 9.48. The van der Waals surface area contributed by atoms with Crippen molar-refractivity contribution in [2.75, 3.05) is 38.7 Å². The van der Waals surface area contributed by atoms with E-state index in [1.807, 2.05) is 20.8 Å². The summed E-state index contributed by atoms with van der Waals surface area (Å²) in [5.41, 5.74) is 1.45. The minimum atomic E-state index is -0.664. The van der Waals surface area contributed by atoms with Crippen molar-refractivity contribution in [1.82, 2.24) is 33.7 Å². The lowest BCUT2D eigenvalue weighted by Crippen LogP contribution is -2.12. The van der Waals surface area contributed by atoms with Gasteiger partial charge in [0.1, 0.15) is 29.9 Å². The summed E-state index contributed by atoms with van der Waals surface area (Å²) in [6.45, 7) is 7.08. The van der Waals surface area contributed by atoms with Gasteiger partial charge in [0.25, 0.3) is 0 Å². The molecule has 0 aliphatic heterocycles. The van der Waals surface area contributed by atoms with Crippen LogP contribution in [0.2, 0.25) is 0 Å². The number of anilines is 2. The standard InChI is InChI=1S/C24H30F2N8O3S/c1-5-36-15(3)33-13-16(12-28-33)21-22(37-6-2)23-30-24(31-34(23)14-27-21)29-19-10-18(26)20(11-17(19)25)38-32(4)8-7-9-35/h10-15,35H,5-9H2,1-4H3,(H,29,31). The van der Waals surface area contributed by atoms with Gasteiger partial charge in [0, 0.05) is 37.6 Å². The van der Waals surface area contributed by atoms with E-state index in [-0.39, 0.29) is 29.4 Å². The molecule has 0 aliphatic carbocycles. The minimum absolute atomic E-state index is 0.0232. The Morgan fingerprint density at radius 2 is 2.03 bits per heavy atom. The SMILES string of the molecule is CCOc1c(-c2cnn(C(C)OCC)c2)ncn2nc(Nc3cc(F)c(SN(C)CCCO)cc3F)nc12. The molecule has 0 spiro atoms. The van der Waals surface area contributed by atoms with Gasteiger partial charge in [-0.2, -0.15) is 14.6 Å². The fourth-order valence-electron chi connectivity index (χ4n) is 3.67. The molecule has 204 valence electrons. The van der Waals surface area contributed by atoms with Crippen molar-refractivity contribution in [3.63, 3.8) is 0 Å². The van der Waals surface area contributed by atoms with E-state index in [0.717, 1.165) is 24.1 Å².